The van der Waals surface area contributed by atoms with Crippen molar-refractivity contribution in [3.05, 3.63) is 58.2 Å². The summed E-state index contributed by atoms with van der Waals surface area (Å²) in [5, 5.41) is 11.9. The third kappa shape index (κ3) is 3.62. The Kier molecular flexibility index (Phi) is 5.34. The zero-order chi connectivity index (χ0) is 18.0. The van der Waals surface area contributed by atoms with E-state index in [0.29, 0.717) is 11.1 Å². The summed E-state index contributed by atoms with van der Waals surface area (Å²) >= 11 is 0. The summed E-state index contributed by atoms with van der Waals surface area (Å²) < 4.78 is 28.1. The van der Waals surface area contributed by atoms with Crippen molar-refractivity contribution in [2.24, 2.45) is 0 Å². The number of nitrogens with one attached hydrogen (secondary N) is 1. The fourth-order valence-corrected chi connectivity index (χ4v) is 3.10. The molecular formula is C19H21F2NO2. The number of hydrogen-bond acceptors (Lipinski definition) is 2. The number of hydrogen-bond donors (Lipinski definition) is 2. The van der Waals surface area contributed by atoms with Crippen molar-refractivity contribution in [1.82, 2.24) is 5.32 Å². The van der Waals surface area contributed by atoms with Crippen LogP contribution in [-0.2, 0) is 4.79 Å². The molecular weight excluding hydrogens is 312 g/mol. The van der Waals surface area contributed by atoms with Crippen molar-refractivity contribution in [3.8, 4) is 11.1 Å². The Morgan fingerprint density at radius 2 is 1.67 bits per heavy atom. The van der Waals surface area contributed by atoms with E-state index in [1.54, 1.807) is 40.0 Å². The Morgan fingerprint density at radius 3 is 2.17 bits per heavy atom. The molecule has 0 heterocycles. The number of carbonyl (C=O) groups is 1. The molecule has 2 rings (SSSR count). The molecule has 0 bridgehead atoms. The molecule has 2 aromatic carbocycles. The van der Waals surface area contributed by atoms with Gasteiger partial charge in [0.25, 0.3) is 0 Å². The van der Waals surface area contributed by atoms with E-state index >= 15 is 0 Å². The quantitative estimate of drug-likeness (QED) is 0.858. The first-order valence-electron chi connectivity index (χ1n) is 7.70. The zero-order valence-electron chi connectivity index (χ0n) is 14.2. The fourth-order valence-electron chi connectivity index (χ4n) is 3.10. The standard InChI is InChI=1S/C19H21F2NO2/c1-10-6-14(20)7-11(2)18(10)13-5-12(3)19(21)15(8-13)16(22-4)9-17(23)24/h5-8,16,22H,9H2,1-4H3,(H,23,24). The monoisotopic (exact) mass is 333 g/mol. The van der Waals surface area contributed by atoms with E-state index < -0.39 is 17.8 Å². The lowest BCUT2D eigenvalue weighted by Gasteiger charge is -2.19. The first-order valence-corrected chi connectivity index (χ1v) is 7.70. The highest BCUT2D eigenvalue weighted by Crippen LogP contribution is 2.33. The van der Waals surface area contributed by atoms with E-state index in [0.717, 1.165) is 22.3 Å². The number of aryl methyl sites for hydroxylation is 3. The molecule has 3 nitrogen and oxygen atoms in total. The molecule has 0 aromatic heterocycles. The first-order chi connectivity index (χ1) is 11.2. The number of carboxylic acids is 1. The second-order valence-electron chi connectivity index (χ2n) is 6.05. The second-order valence-corrected chi connectivity index (χ2v) is 6.05. The van der Waals surface area contributed by atoms with E-state index in [4.69, 9.17) is 5.11 Å². The molecule has 0 aliphatic heterocycles. The molecule has 2 N–H and O–H groups in total. The summed E-state index contributed by atoms with van der Waals surface area (Å²) in [6.07, 6.45) is -0.225. The summed E-state index contributed by atoms with van der Waals surface area (Å²) in [6, 6.07) is 5.60. The van der Waals surface area contributed by atoms with E-state index in [1.807, 2.05) is 0 Å². The van der Waals surface area contributed by atoms with Gasteiger partial charge in [0.1, 0.15) is 11.6 Å². The molecule has 0 saturated carbocycles. The minimum atomic E-state index is -1.01. The average Bonchev–Trinajstić information content (AvgIpc) is 2.47. The molecule has 0 saturated heterocycles. The lowest BCUT2D eigenvalue weighted by atomic mass is 9.90. The Bertz CT molecular complexity index is 764. The van der Waals surface area contributed by atoms with Gasteiger partial charge < -0.3 is 10.4 Å². The molecule has 0 fully saturated rings. The summed E-state index contributed by atoms with van der Waals surface area (Å²) in [5.74, 6) is -1.74. The van der Waals surface area contributed by atoms with Gasteiger partial charge in [-0.3, -0.25) is 4.79 Å². The van der Waals surface area contributed by atoms with E-state index in [-0.39, 0.29) is 12.2 Å². The van der Waals surface area contributed by atoms with Crippen molar-refractivity contribution in [2.75, 3.05) is 7.05 Å². The number of carboxylic acid groups (broad SMARTS) is 1. The second kappa shape index (κ2) is 7.09. The molecule has 24 heavy (non-hydrogen) atoms. The van der Waals surface area contributed by atoms with Crippen molar-refractivity contribution in [1.29, 1.82) is 0 Å². The summed E-state index contributed by atoms with van der Waals surface area (Å²) in [4.78, 5) is 11.0. The van der Waals surface area contributed by atoms with Crippen LogP contribution in [0.4, 0.5) is 8.78 Å². The van der Waals surface area contributed by atoms with Crippen LogP contribution in [-0.4, -0.2) is 18.1 Å². The molecule has 1 atom stereocenters. The fraction of sp³-hybridized carbons (Fsp3) is 0.316. The van der Waals surface area contributed by atoms with Gasteiger partial charge in [-0.15, -0.1) is 0 Å². The van der Waals surface area contributed by atoms with Gasteiger partial charge >= 0.3 is 5.97 Å². The molecule has 0 radical (unpaired) electrons. The number of benzene rings is 2. The van der Waals surface area contributed by atoms with E-state index in [1.165, 1.54) is 12.1 Å². The first kappa shape index (κ1) is 18.1. The highest BCUT2D eigenvalue weighted by molar-refractivity contribution is 5.73. The molecule has 0 spiro atoms. The molecule has 5 heteroatoms. The van der Waals surface area contributed by atoms with Crippen molar-refractivity contribution in [2.45, 2.75) is 33.2 Å². The molecule has 1 unspecified atom stereocenters. The summed E-state index contributed by atoms with van der Waals surface area (Å²) in [5.41, 5.74) is 3.83. The molecule has 0 aliphatic rings. The minimum Gasteiger partial charge on any atom is -0.481 e. The largest absolute Gasteiger partial charge is 0.481 e. The smallest absolute Gasteiger partial charge is 0.305 e. The maximum atomic E-state index is 14.6. The molecule has 128 valence electrons. The van der Waals surface area contributed by atoms with Gasteiger partial charge in [-0.2, -0.15) is 0 Å². The highest BCUT2D eigenvalue weighted by atomic mass is 19.1. The number of halogens is 2. The third-order valence-electron chi connectivity index (χ3n) is 4.17. The molecule has 0 aliphatic carbocycles. The lowest BCUT2D eigenvalue weighted by molar-refractivity contribution is -0.137. The van der Waals surface area contributed by atoms with Gasteiger partial charge in [0, 0.05) is 11.6 Å². The van der Waals surface area contributed by atoms with Gasteiger partial charge in [-0.05, 0) is 79.9 Å². The normalized spacial score (nSPS) is 12.2. The zero-order valence-corrected chi connectivity index (χ0v) is 14.2. The van der Waals surface area contributed by atoms with E-state index in [2.05, 4.69) is 5.32 Å². The maximum Gasteiger partial charge on any atom is 0.305 e. The van der Waals surface area contributed by atoms with Crippen molar-refractivity contribution in [3.63, 3.8) is 0 Å². The van der Waals surface area contributed by atoms with Crippen molar-refractivity contribution >= 4 is 5.97 Å². The van der Waals surface area contributed by atoms with Crippen LogP contribution in [0.25, 0.3) is 11.1 Å². The topological polar surface area (TPSA) is 49.3 Å². The van der Waals surface area contributed by atoms with Gasteiger partial charge in [-0.25, -0.2) is 8.78 Å². The Labute approximate surface area is 140 Å². The van der Waals surface area contributed by atoms with Crippen molar-refractivity contribution < 1.29 is 18.7 Å². The Morgan fingerprint density at radius 1 is 1.08 bits per heavy atom. The van der Waals surface area contributed by atoms with Gasteiger partial charge in [0.15, 0.2) is 0 Å². The maximum absolute atomic E-state index is 14.6. The minimum absolute atomic E-state index is 0.225. The van der Waals surface area contributed by atoms with Gasteiger partial charge in [0.05, 0.1) is 6.42 Å². The van der Waals surface area contributed by atoms with Crippen LogP contribution in [0.15, 0.2) is 24.3 Å². The van der Waals surface area contributed by atoms with Crippen LogP contribution in [0.3, 0.4) is 0 Å². The van der Waals surface area contributed by atoms with Crippen LogP contribution in [0.1, 0.15) is 34.7 Å². The van der Waals surface area contributed by atoms with Crippen LogP contribution < -0.4 is 5.32 Å². The third-order valence-corrected chi connectivity index (χ3v) is 4.17. The average molecular weight is 333 g/mol. The van der Waals surface area contributed by atoms with Gasteiger partial charge in [-0.1, -0.05) is 0 Å². The Balaban J connectivity index is 2.64. The van der Waals surface area contributed by atoms with Crippen LogP contribution >= 0.6 is 0 Å². The summed E-state index contributed by atoms with van der Waals surface area (Å²) in [6.45, 7) is 5.25. The van der Waals surface area contributed by atoms with Crippen LogP contribution in [0.2, 0.25) is 0 Å². The lowest BCUT2D eigenvalue weighted by Crippen LogP contribution is -2.21. The molecule has 2 aromatic rings. The predicted octanol–water partition coefficient (Wildman–Crippen LogP) is 4.29. The molecule has 0 amide bonds. The summed E-state index contributed by atoms with van der Waals surface area (Å²) in [7, 11) is 1.60. The van der Waals surface area contributed by atoms with E-state index in [9.17, 15) is 13.6 Å². The van der Waals surface area contributed by atoms with Crippen LogP contribution in [0, 0.1) is 32.4 Å². The Hall–Kier alpha value is -2.27. The number of aliphatic carboxylic acids is 1. The predicted molar refractivity (Wildman–Crippen MR) is 90.1 cm³/mol. The highest BCUT2D eigenvalue weighted by Gasteiger charge is 2.21. The number of rotatable bonds is 5. The van der Waals surface area contributed by atoms with Crippen LogP contribution in [0.5, 0.6) is 0 Å². The SMILES string of the molecule is CNC(CC(=O)O)c1cc(-c2c(C)cc(F)cc2C)cc(C)c1F. The van der Waals surface area contributed by atoms with Gasteiger partial charge in [0.2, 0.25) is 0 Å².